The molecule has 5 atom stereocenters. The highest BCUT2D eigenvalue weighted by Gasteiger charge is 2.30. The van der Waals surface area contributed by atoms with Crippen molar-refractivity contribution in [2.24, 2.45) is 17.8 Å². The summed E-state index contributed by atoms with van der Waals surface area (Å²) in [6.45, 7) is 12.1. The first kappa shape index (κ1) is 104. The van der Waals surface area contributed by atoms with E-state index < -0.39 is 97.5 Å². The van der Waals surface area contributed by atoms with Gasteiger partial charge in [-0.2, -0.15) is 0 Å². The maximum atomic E-state index is 13.2. The van der Waals surface area contributed by atoms with Gasteiger partial charge in [0.1, 0.15) is 19.3 Å². The number of aliphatic hydroxyl groups excluding tert-OH is 1. The molecule has 0 aromatic heterocycles. The van der Waals surface area contributed by atoms with E-state index in [1.807, 2.05) is 0 Å². The maximum absolute atomic E-state index is 13.2. The zero-order chi connectivity index (χ0) is 77.9. The Morgan fingerprint density at radius 2 is 0.434 bits per heavy atom. The first-order valence-corrected chi connectivity index (χ1v) is 47.8. The van der Waals surface area contributed by atoms with E-state index in [0.717, 1.165) is 108 Å². The van der Waals surface area contributed by atoms with Gasteiger partial charge in [-0.25, -0.2) is 9.13 Å². The molecule has 17 nitrogen and oxygen atoms in total. The molecule has 0 spiro atoms. The number of rotatable bonds is 85. The molecule has 0 bridgehead atoms. The number of hydrogen-bond donors (Lipinski definition) is 3. The van der Waals surface area contributed by atoms with E-state index >= 15 is 0 Å². The molecule has 630 valence electrons. The molecule has 0 aromatic carbocycles. The number of carbonyl (C=O) groups is 4. The second kappa shape index (κ2) is 77.0. The molecular weight excluding hydrogens is 1380 g/mol. The molecule has 3 N–H and O–H groups in total. The molecule has 106 heavy (non-hydrogen) atoms. The summed E-state index contributed by atoms with van der Waals surface area (Å²) in [6, 6.07) is 0. The molecule has 0 amide bonds. The van der Waals surface area contributed by atoms with Crippen molar-refractivity contribution in [1.82, 2.24) is 0 Å². The van der Waals surface area contributed by atoms with E-state index in [1.165, 1.54) is 270 Å². The molecule has 0 aromatic rings. The molecule has 0 saturated heterocycles. The Balaban J connectivity index is 5.25. The van der Waals surface area contributed by atoms with Gasteiger partial charge in [-0.3, -0.25) is 37.3 Å². The van der Waals surface area contributed by atoms with Gasteiger partial charge in [0.15, 0.2) is 12.2 Å². The normalized spacial score (nSPS) is 13.9. The molecule has 0 radical (unpaired) electrons. The van der Waals surface area contributed by atoms with Gasteiger partial charge < -0.3 is 33.8 Å². The predicted molar refractivity (Wildman–Crippen MR) is 437 cm³/mol. The van der Waals surface area contributed by atoms with Crippen LogP contribution in [0.4, 0.5) is 0 Å². The van der Waals surface area contributed by atoms with Gasteiger partial charge in [0.25, 0.3) is 0 Å². The van der Waals surface area contributed by atoms with E-state index in [0.29, 0.717) is 25.7 Å². The highest BCUT2D eigenvalue weighted by atomic mass is 31.2. The Hall–Kier alpha value is -1.94. The van der Waals surface area contributed by atoms with E-state index in [4.69, 9.17) is 37.0 Å². The van der Waals surface area contributed by atoms with E-state index in [2.05, 4.69) is 48.5 Å². The third kappa shape index (κ3) is 80.1. The second-order valence-electron chi connectivity index (χ2n) is 32.7. The molecule has 19 heteroatoms. The van der Waals surface area contributed by atoms with Crippen molar-refractivity contribution < 1.29 is 80.2 Å². The lowest BCUT2D eigenvalue weighted by Crippen LogP contribution is -2.30. The number of esters is 4. The fourth-order valence-corrected chi connectivity index (χ4v) is 15.1. The first-order valence-electron chi connectivity index (χ1n) is 44.8. The van der Waals surface area contributed by atoms with E-state index in [1.54, 1.807) is 0 Å². The van der Waals surface area contributed by atoms with Crippen LogP contribution >= 0.6 is 15.6 Å². The van der Waals surface area contributed by atoms with Gasteiger partial charge in [-0.05, 0) is 43.4 Å². The minimum absolute atomic E-state index is 0.107. The van der Waals surface area contributed by atoms with Crippen LogP contribution < -0.4 is 0 Å². The highest BCUT2D eigenvalue weighted by molar-refractivity contribution is 7.47. The molecule has 0 aliphatic carbocycles. The van der Waals surface area contributed by atoms with Crippen LogP contribution in [0.5, 0.6) is 0 Å². The summed E-state index contributed by atoms with van der Waals surface area (Å²) in [5.74, 6) is 0.291. The smallest absolute Gasteiger partial charge is 0.462 e. The van der Waals surface area contributed by atoms with Crippen LogP contribution in [0, 0.1) is 17.8 Å². The number of ether oxygens (including phenoxy) is 4. The van der Waals surface area contributed by atoms with Gasteiger partial charge >= 0.3 is 39.5 Å². The van der Waals surface area contributed by atoms with Crippen LogP contribution in [0.3, 0.4) is 0 Å². The molecule has 2 unspecified atom stereocenters. The van der Waals surface area contributed by atoms with Crippen molar-refractivity contribution in [3.8, 4) is 0 Å². The summed E-state index contributed by atoms with van der Waals surface area (Å²) in [5, 5.41) is 10.7. The van der Waals surface area contributed by atoms with Crippen LogP contribution in [0.15, 0.2) is 0 Å². The standard InChI is InChI=1S/C87H170O17P2/c1-8-9-10-11-12-13-14-24-33-40-47-54-61-68-84(89)97-75-83(104-87(92)71-64-57-50-43-36-29-32-39-46-53-60-67-80(6)7)77-102-106(95,96)100-73-81(88)72-99-105(93,94)101-76-82(74-98-85(90)69-62-55-48-41-34-27-23-19-21-26-31-38-45-52-59-66-79(4)5)103-86(91)70-63-56-49-42-35-28-22-18-16-15-17-20-25-30-37-44-51-58-65-78(2)3/h78-83,88H,8-77H2,1-7H3,(H,93,94)(H,95,96)/t81-,82-,83-/m1/s1. The largest absolute Gasteiger partial charge is 0.472 e. The summed E-state index contributed by atoms with van der Waals surface area (Å²) < 4.78 is 69.0. The molecule has 0 rings (SSSR count). The van der Waals surface area contributed by atoms with Gasteiger partial charge in [0.05, 0.1) is 26.4 Å². The van der Waals surface area contributed by atoms with Gasteiger partial charge in [0, 0.05) is 25.7 Å². The fraction of sp³-hybridized carbons (Fsp3) is 0.954. The predicted octanol–water partition coefficient (Wildman–Crippen LogP) is 26.5. The van der Waals surface area contributed by atoms with Crippen molar-refractivity contribution in [2.45, 2.75) is 478 Å². The Morgan fingerprint density at radius 1 is 0.255 bits per heavy atom. The van der Waals surface area contributed by atoms with Gasteiger partial charge in [0.2, 0.25) is 0 Å². The highest BCUT2D eigenvalue weighted by Crippen LogP contribution is 2.45. The Bertz CT molecular complexity index is 2040. The van der Waals surface area contributed by atoms with Crippen LogP contribution in [-0.2, 0) is 65.4 Å². The molecule has 0 aliphatic heterocycles. The Kier molecular flexibility index (Phi) is 75.6. The minimum Gasteiger partial charge on any atom is -0.462 e. The fourth-order valence-electron chi connectivity index (χ4n) is 13.5. The number of hydrogen-bond acceptors (Lipinski definition) is 15. The van der Waals surface area contributed by atoms with Crippen molar-refractivity contribution in [1.29, 1.82) is 0 Å². The molecule has 0 fully saturated rings. The number of unbranched alkanes of at least 4 members (excludes halogenated alkanes) is 53. The van der Waals surface area contributed by atoms with Crippen molar-refractivity contribution in [3.05, 3.63) is 0 Å². The molecule has 0 saturated carbocycles. The number of aliphatic hydroxyl groups is 1. The maximum Gasteiger partial charge on any atom is 0.472 e. The lowest BCUT2D eigenvalue weighted by Gasteiger charge is -2.21. The number of phosphoric ester groups is 2. The topological polar surface area (TPSA) is 237 Å². The monoisotopic (exact) mass is 1550 g/mol. The summed E-state index contributed by atoms with van der Waals surface area (Å²) in [4.78, 5) is 73.3. The van der Waals surface area contributed by atoms with Crippen LogP contribution in [0.25, 0.3) is 0 Å². The summed E-state index contributed by atoms with van der Waals surface area (Å²) in [5.41, 5.74) is 0. The zero-order valence-corrected chi connectivity index (χ0v) is 71.7. The van der Waals surface area contributed by atoms with Crippen LogP contribution in [0.1, 0.15) is 459 Å². The summed E-state index contributed by atoms with van der Waals surface area (Å²) in [6.07, 6.45) is 67.9. The second-order valence-corrected chi connectivity index (χ2v) is 35.6. The Labute approximate surface area is 651 Å². The summed E-state index contributed by atoms with van der Waals surface area (Å²) in [7, 11) is -9.93. The van der Waals surface area contributed by atoms with Crippen LogP contribution in [-0.4, -0.2) is 96.7 Å². The minimum atomic E-state index is -4.97. The first-order chi connectivity index (χ1) is 51.2. The zero-order valence-electron chi connectivity index (χ0n) is 69.9. The average molecular weight is 1550 g/mol. The van der Waals surface area contributed by atoms with Gasteiger partial charge in [-0.15, -0.1) is 0 Å². The number of phosphoric acid groups is 2. The van der Waals surface area contributed by atoms with E-state index in [-0.39, 0.29) is 25.7 Å². The number of carbonyl (C=O) groups excluding carboxylic acids is 4. The Morgan fingerprint density at radius 3 is 0.642 bits per heavy atom. The molecule has 0 aliphatic rings. The lowest BCUT2D eigenvalue weighted by molar-refractivity contribution is -0.161. The van der Waals surface area contributed by atoms with Crippen molar-refractivity contribution >= 4 is 39.5 Å². The SMILES string of the molecule is CCCCCCCCCCCCCCCC(=O)OC[C@H](COP(=O)(O)OC[C@H](O)COP(=O)(O)OC[C@@H](COC(=O)CCCCCCCCCCCCCCCCCC(C)C)OC(=O)CCCCCCCCCCCCCCCCCCCCC(C)C)OC(=O)CCCCCCCCCCCCCC(C)C. The van der Waals surface area contributed by atoms with Crippen LogP contribution in [0.2, 0.25) is 0 Å². The third-order valence-electron chi connectivity index (χ3n) is 20.4. The lowest BCUT2D eigenvalue weighted by atomic mass is 10.0. The molecular formula is C87H170O17P2. The van der Waals surface area contributed by atoms with Crippen molar-refractivity contribution in [2.75, 3.05) is 39.6 Å². The van der Waals surface area contributed by atoms with Gasteiger partial charge in [-0.1, -0.05) is 408 Å². The third-order valence-corrected chi connectivity index (χ3v) is 22.3. The molecule has 0 heterocycles. The quantitative estimate of drug-likeness (QED) is 0.0222. The van der Waals surface area contributed by atoms with Crippen molar-refractivity contribution in [3.63, 3.8) is 0 Å². The summed E-state index contributed by atoms with van der Waals surface area (Å²) >= 11 is 0. The average Bonchev–Trinajstić information content (AvgIpc) is 0.904. The van der Waals surface area contributed by atoms with E-state index in [9.17, 15) is 43.2 Å².